The molecule has 0 spiro atoms. The molecule has 7 nitrogen and oxygen atoms in total. The van der Waals surface area contributed by atoms with Crippen LogP contribution in [0.2, 0.25) is 0 Å². The van der Waals surface area contributed by atoms with Crippen LogP contribution in [-0.2, 0) is 28.5 Å². The summed E-state index contributed by atoms with van der Waals surface area (Å²) in [6.45, 7) is 1.28. The van der Waals surface area contributed by atoms with Gasteiger partial charge in [0.2, 0.25) is 0 Å². The van der Waals surface area contributed by atoms with Crippen LogP contribution in [0, 0.1) is 5.92 Å². The van der Waals surface area contributed by atoms with E-state index >= 15 is 0 Å². The maximum Gasteiger partial charge on any atom is 0.337 e. The number of esters is 2. The minimum atomic E-state index is -1.11. The van der Waals surface area contributed by atoms with Gasteiger partial charge in [0.25, 0.3) is 0 Å². The Bertz CT molecular complexity index is 842. The second-order valence-corrected chi connectivity index (χ2v) is 7.40. The number of hydrogen-bond donors (Lipinski definition) is 1. The number of para-hydroxylation sites is 1. The second-order valence-electron chi connectivity index (χ2n) is 7.40. The summed E-state index contributed by atoms with van der Waals surface area (Å²) in [5, 5.41) is 3.57. The number of ether oxygens (including phenoxy) is 4. The summed E-state index contributed by atoms with van der Waals surface area (Å²) in [5.74, 6) is -0.986. The molecule has 1 aromatic rings. The lowest BCUT2D eigenvalue weighted by atomic mass is 9.74. The highest BCUT2D eigenvalue weighted by Crippen LogP contribution is 2.49. The molecule has 29 heavy (non-hydrogen) atoms. The third-order valence-electron chi connectivity index (χ3n) is 5.88. The van der Waals surface area contributed by atoms with Crippen LogP contribution in [0.1, 0.15) is 12.8 Å². The highest BCUT2D eigenvalue weighted by atomic mass is 16.6. The molecule has 154 valence electrons. The van der Waals surface area contributed by atoms with Crippen molar-refractivity contribution in [3.05, 3.63) is 53.6 Å². The summed E-state index contributed by atoms with van der Waals surface area (Å²) in [5.41, 5.74) is 0.238. The Balaban J connectivity index is 1.81. The molecule has 0 aromatic heterocycles. The number of rotatable bonds is 6. The van der Waals surface area contributed by atoms with Crippen LogP contribution in [0.25, 0.3) is 0 Å². The molecular weight excluding hydrogens is 374 g/mol. The molecule has 3 aliphatic rings. The Morgan fingerprint density at radius 3 is 2.45 bits per heavy atom. The first-order valence-corrected chi connectivity index (χ1v) is 9.78. The van der Waals surface area contributed by atoms with Crippen molar-refractivity contribution in [3.63, 3.8) is 0 Å². The largest absolute Gasteiger partial charge is 0.466 e. The van der Waals surface area contributed by atoms with E-state index < -0.39 is 23.6 Å². The van der Waals surface area contributed by atoms with Gasteiger partial charge in [0.05, 0.1) is 31.4 Å². The normalized spacial score (nSPS) is 27.0. The highest BCUT2D eigenvalue weighted by molar-refractivity contribution is 6.05. The zero-order valence-electron chi connectivity index (χ0n) is 16.6. The number of carbonyl (C=O) groups is 2. The number of fused-ring (bicyclic) bond motifs is 2. The van der Waals surface area contributed by atoms with Gasteiger partial charge in [-0.3, -0.25) is 0 Å². The summed E-state index contributed by atoms with van der Waals surface area (Å²) >= 11 is 0. The molecule has 0 saturated carbocycles. The van der Waals surface area contributed by atoms with E-state index in [4.69, 9.17) is 18.9 Å². The number of methoxy groups -OCH3 is 2. The van der Waals surface area contributed by atoms with E-state index in [1.54, 1.807) is 0 Å². The van der Waals surface area contributed by atoms with Gasteiger partial charge in [-0.05, 0) is 37.0 Å². The topological polar surface area (TPSA) is 83.1 Å². The van der Waals surface area contributed by atoms with Gasteiger partial charge in [-0.2, -0.15) is 0 Å². The van der Waals surface area contributed by atoms with Gasteiger partial charge in [0, 0.05) is 18.9 Å². The van der Waals surface area contributed by atoms with Gasteiger partial charge in [-0.25, -0.2) is 9.59 Å². The Morgan fingerprint density at radius 1 is 1.10 bits per heavy atom. The molecule has 3 aliphatic heterocycles. The molecule has 0 aliphatic carbocycles. The van der Waals surface area contributed by atoms with E-state index in [0.717, 1.165) is 18.5 Å². The van der Waals surface area contributed by atoms with Crippen LogP contribution < -0.4 is 5.32 Å². The van der Waals surface area contributed by atoms with Crippen LogP contribution in [-0.4, -0.2) is 57.1 Å². The number of hydrogen-bond acceptors (Lipinski definition) is 7. The van der Waals surface area contributed by atoms with Gasteiger partial charge in [0.1, 0.15) is 11.7 Å². The molecule has 1 saturated heterocycles. The first-order valence-electron chi connectivity index (χ1n) is 9.78. The van der Waals surface area contributed by atoms with Crippen molar-refractivity contribution in [2.24, 2.45) is 5.92 Å². The van der Waals surface area contributed by atoms with E-state index in [-0.39, 0.29) is 23.1 Å². The maximum absolute atomic E-state index is 12.8. The lowest BCUT2D eigenvalue weighted by molar-refractivity contribution is -0.139. The molecule has 1 fully saturated rings. The lowest BCUT2D eigenvalue weighted by Gasteiger charge is -2.41. The third kappa shape index (κ3) is 3.34. The Hall–Kier alpha value is -2.64. The van der Waals surface area contributed by atoms with Gasteiger partial charge in [-0.15, -0.1) is 0 Å². The SMILES string of the molecule is COC(=O)C1=C(C(=O)OC)C2(C(Nc3ccccc3)C3CCOCC3)C=CC1O2. The number of benzene rings is 1. The van der Waals surface area contributed by atoms with Crippen LogP contribution >= 0.6 is 0 Å². The monoisotopic (exact) mass is 399 g/mol. The van der Waals surface area contributed by atoms with Gasteiger partial charge in [0.15, 0.2) is 0 Å². The first-order chi connectivity index (χ1) is 14.1. The average molecular weight is 399 g/mol. The molecule has 3 unspecified atom stereocenters. The van der Waals surface area contributed by atoms with Crippen molar-refractivity contribution >= 4 is 17.6 Å². The molecular formula is C22H25NO6. The van der Waals surface area contributed by atoms with E-state index in [1.165, 1.54) is 14.2 Å². The zero-order valence-corrected chi connectivity index (χ0v) is 16.6. The number of nitrogens with one attached hydrogen (secondary N) is 1. The predicted molar refractivity (Wildman–Crippen MR) is 105 cm³/mol. The van der Waals surface area contributed by atoms with Crippen LogP contribution in [0.4, 0.5) is 5.69 Å². The lowest BCUT2D eigenvalue weighted by Crippen LogP contribution is -2.53. The Kier molecular flexibility index (Phi) is 5.43. The minimum Gasteiger partial charge on any atom is -0.466 e. The van der Waals surface area contributed by atoms with E-state index in [9.17, 15) is 9.59 Å². The van der Waals surface area contributed by atoms with E-state index in [2.05, 4.69) is 5.32 Å². The van der Waals surface area contributed by atoms with Crippen molar-refractivity contribution in [2.75, 3.05) is 32.8 Å². The fraction of sp³-hybridized carbons (Fsp3) is 0.455. The molecule has 1 N–H and O–H groups in total. The fourth-order valence-corrected chi connectivity index (χ4v) is 4.54. The average Bonchev–Trinajstić information content (AvgIpc) is 3.35. The molecule has 4 rings (SSSR count). The summed E-state index contributed by atoms with van der Waals surface area (Å²) in [6.07, 6.45) is 4.70. The minimum absolute atomic E-state index is 0.170. The quantitative estimate of drug-likeness (QED) is 0.580. The molecule has 7 heteroatoms. The standard InChI is InChI=1S/C22H25NO6/c1-26-20(24)17-16-8-11-22(29-16,18(17)21(25)27-2)19(14-9-12-28-13-10-14)23-15-6-4-3-5-7-15/h3-8,11,14,16,19,23H,9-10,12-13H2,1-2H3. The molecule has 1 aromatic carbocycles. The van der Waals surface area contributed by atoms with E-state index in [0.29, 0.717) is 13.2 Å². The highest BCUT2D eigenvalue weighted by Gasteiger charge is 2.59. The summed E-state index contributed by atoms with van der Waals surface area (Å²) in [4.78, 5) is 25.3. The van der Waals surface area contributed by atoms with Gasteiger partial charge in [-0.1, -0.05) is 24.3 Å². The molecule has 3 heterocycles. The zero-order chi connectivity index (χ0) is 20.4. The summed E-state index contributed by atoms with van der Waals surface area (Å²) in [6, 6.07) is 9.49. The number of carbonyl (C=O) groups excluding carboxylic acids is 2. The number of anilines is 1. The Morgan fingerprint density at radius 2 is 1.79 bits per heavy atom. The second kappa shape index (κ2) is 8.00. The van der Waals surface area contributed by atoms with Crippen LogP contribution in [0.15, 0.2) is 53.6 Å². The van der Waals surface area contributed by atoms with Crippen LogP contribution in [0.5, 0.6) is 0 Å². The van der Waals surface area contributed by atoms with Crippen molar-refractivity contribution < 1.29 is 28.5 Å². The van der Waals surface area contributed by atoms with Crippen molar-refractivity contribution in [3.8, 4) is 0 Å². The smallest absolute Gasteiger partial charge is 0.337 e. The van der Waals surface area contributed by atoms with Crippen LogP contribution in [0.3, 0.4) is 0 Å². The van der Waals surface area contributed by atoms with Crippen molar-refractivity contribution in [1.82, 2.24) is 0 Å². The fourth-order valence-electron chi connectivity index (χ4n) is 4.54. The molecule has 0 amide bonds. The van der Waals surface area contributed by atoms with Crippen molar-refractivity contribution in [1.29, 1.82) is 0 Å². The Labute approximate surface area is 169 Å². The third-order valence-corrected chi connectivity index (χ3v) is 5.88. The first kappa shape index (κ1) is 19.7. The van der Waals surface area contributed by atoms with Gasteiger partial charge < -0.3 is 24.3 Å². The van der Waals surface area contributed by atoms with E-state index in [1.807, 2.05) is 42.5 Å². The summed E-state index contributed by atoms with van der Waals surface area (Å²) in [7, 11) is 2.60. The predicted octanol–water partition coefficient (Wildman–Crippen LogP) is 2.24. The van der Waals surface area contributed by atoms with Crippen molar-refractivity contribution in [2.45, 2.75) is 30.6 Å². The molecule has 2 bridgehead atoms. The molecule has 3 atom stereocenters. The summed E-state index contributed by atoms with van der Waals surface area (Å²) < 4.78 is 21.9. The van der Waals surface area contributed by atoms with Gasteiger partial charge >= 0.3 is 11.9 Å². The molecule has 0 radical (unpaired) electrons. The maximum atomic E-state index is 12.8.